The third-order valence-electron chi connectivity index (χ3n) is 7.45. The van der Waals surface area contributed by atoms with Crippen LogP contribution < -0.4 is 9.47 Å². The monoisotopic (exact) mass is 582 g/mol. The van der Waals surface area contributed by atoms with Crippen LogP contribution in [-0.2, 0) is 20.2 Å². The lowest BCUT2D eigenvalue weighted by Crippen LogP contribution is -2.33. The highest BCUT2D eigenvalue weighted by atomic mass is 19.3. The summed E-state index contributed by atoms with van der Waals surface area (Å²) in [6.45, 7) is -1.76. The summed E-state index contributed by atoms with van der Waals surface area (Å²) < 4.78 is 67.5. The summed E-state index contributed by atoms with van der Waals surface area (Å²) in [6, 6.07) is 12.9. The third kappa shape index (κ3) is 6.01. The molecule has 42 heavy (non-hydrogen) atoms. The fourth-order valence-electron chi connectivity index (χ4n) is 5.26. The Kier molecular flexibility index (Phi) is 8.31. The molecule has 1 aliphatic heterocycles. The second-order valence-electron chi connectivity index (χ2n) is 10.0. The van der Waals surface area contributed by atoms with Crippen LogP contribution in [0.4, 0.5) is 17.6 Å². The van der Waals surface area contributed by atoms with E-state index in [4.69, 9.17) is 10.00 Å². The normalized spacial score (nSPS) is 14.3. The largest absolute Gasteiger partial charge is 0.488 e. The number of hydrogen-bond donors (Lipinski definition) is 1. The number of carboxylic acids is 1. The number of aryl methyl sites for hydroxylation is 1. The van der Waals surface area contributed by atoms with Crippen molar-refractivity contribution in [1.82, 2.24) is 14.5 Å². The minimum absolute atomic E-state index is 0.125. The average molecular weight is 583 g/mol. The SMILES string of the molecule is Cn1c(CN2CCC(c3c(F)cccc3OCc3ccc(C#N)cc3F)CC2)nc2c(OC(F)F)cc(C(=O)O)cc21. The molecule has 0 aliphatic carbocycles. The number of aromatic nitrogens is 2. The van der Waals surface area contributed by atoms with Crippen LogP contribution in [0.25, 0.3) is 11.0 Å². The van der Waals surface area contributed by atoms with Crippen molar-refractivity contribution in [2.45, 2.75) is 38.5 Å². The number of likely N-dealkylation sites (tertiary alicyclic amines) is 1. The molecule has 0 radical (unpaired) electrons. The summed E-state index contributed by atoms with van der Waals surface area (Å²) in [5, 5.41) is 18.3. The van der Waals surface area contributed by atoms with Gasteiger partial charge in [-0.25, -0.2) is 18.6 Å². The number of nitrogens with zero attached hydrogens (tertiary/aromatic N) is 4. The van der Waals surface area contributed by atoms with Crippen LogP contribution in [0, 0.1) is 23.0 Å². The van der Waals surface area contributed by atoms with Gasteiger partial charge in [-0.3, -0.25) is 4.90 Å². The van der Waals surface area contributed by atoms with Gasteiger partial charge in [0.1, 0.15) is 35.3 Å². The Hall–Kier alpha value is -4.63. The molecule has 1 fully saturated rings. The van der Waals surface area contributed by atoms with Crippen LogP contribution in [0.3, 0.4) is 0 Å². The van der Waals surface area contributed by atoms with Gasteiger partial charge < -0.3 is 19.1 Å². The highest BCUT2D eigenvalue weighted by molar-refractivity contribution is 5.95. The fourth-order valence-corrected chi connectivity index (χ4v) is 5.26. The summed E-state index contributed by atoms with van der Waals surface area (Å²) in [5.41, 5.74) is 1.16. The molecule has 2 heterocycles. The van der Waals surface area contributed by atoms with Crippen molar-refractivity contribution in [3.63, 3.8) is 0 Å². The Bertz CT molecular complexity index is 1680. The van der Waals surface area contributed by atoms with Gasteiger partial charge in [0.05, 0.1) is 29.3 Å². The molecule has 0 spiro atoms. The lowest BCUT2D eigenvalue weighted by molar-refractivity contribution is -0.0489. The Labute approximate surface area is 238 Å². The molecular weight excluding hydrogens is 556 g/mol. The zero-order valence-electron chi connectivity index (χ0n) is 22.5. The quantitative estimate of drug-likeness (QED) is 0.242. The van der Waals surface area contributed by atoms with Crippen molar-refractivity contribution >= 4 is 17.0 Å². The number of carbonyl (C=O) groups is 1. The van der Waals surface area contributed by atoms with E-state index < -0.39 is 24.2 Å². The maximum Gasteiger partial charge on any atom is 0.387 e. The van der Waals surface area contributed by atoms with Crippen molar-refractivity contribution < 1.29 is 36.9 Å². The number of carboxylic acid groups (broad SMARTS) is 1. The predicted octanol–water partition coefficient (Wildman–Crippen LogP) is 5.98. The van der Waals surface area contributed by atoms with E-state index in [9.17, 15) is 23.1 Å². The van der Waals surface area contributed by atoms with Crippen LogP contribution in [0.2, 0.25) is 0 Å². The van der Waals surface area contributed by atoms with Gasteiger partial charge >= 0.3 is 12.6 Å². The summed E-state index contributed by atoms with van der Waals surface area (Å²) in [7, 11) is 1.68. The molecule has 1 aromatic heterocycles. The Morgan fingerprint density at radius 3 is 2.55 bits per heavy atom. The topological polar surface area (TPSA) is 101 Å². The standard InChI is InChI=1S/C30H26F4N4O4/c1-37-23-12-20(29(39)40)13-25(42-30(33)34)28(23)36-26(37)15-38-9-7-18(8-10-38)27-21(31)3-2-4-24(27)41-16-19-6-5-17(14-35)11-22(19)32/h2-6,11-13,18,30H,7-10,15-16H2,1H3,(H,39,40). The van der Waals surface area contributed by atoms with E-state index >= 15 is 4.39 Å². The van der Waals surface area contributed by atoms with Gasteiger partial charge in [0, 0.05) is 18.2 Å². The number of fused-ring (bicyclic) bond motifs is 1. The number of imidazole rings is 1. The zero-order valence-corrected chi connectivity index (χ0v) is 22.5. The molecule has 1 saturated heterocycles. The van der Waals surface area contributed by atoms with Crippen LogP contribution in [0.1, 0.15) is 51.6 Å². The lowest BCUT2D eigenvalue weighted by Gasteiger charge is -2.32. The zero-order chi connectivity index (χ0) is 30.0. The molecule has 0 amide bonds. The van der Waals surface area contributed by atoms with Crippen molar-refractivity contribution in [1.29, 1.82) is 5.26 Å². The maximum absolute atomic E-state index is 15.0. The molecule has 0 saturated carbocycles. The van der Waals surface area contributed by atoms with Crippen molar-refractivity contribution in [3.05, 3.63) is 88.2 Å². The third-order valence-corrected chi connectivity index (χ3v) is 7.45. The molecule has 12 heteroatoms. The first-order valence-corrected chi connectivity index (χ1v) is 13.1. The minimum atomic E-state index is -3.14. The minimum Gasteiger partial charge on any atom is -0.488 e. The average Bonchev–Trinajstić information content (AvgIpc) is 3.27. The molecule has 3 aromatic carbocycles. The number of ether oxygens (including phenoxy) is 2. The molecule has 4 aromatic rings. The van der Waals surface area contributed by atoms with Gasteiger partial charge in [0.25, 0.3) is 0 Å². The Morgan fingerprint density at radius 1 is 1.12 bits per heavy atom. The molecule has 5 rings (SSSR count). The molecular formula is C30H26F4N4O4. The van der Waals surface area contributed by atoms with E-state index in [1.54, 1.807) is 17.7 Å². The molecule has 218 valence electrons. The second kappa shape index (κ2) is 12.1. The second-order valence-corrected chi connectivity index (χ2v) is 10.0. The molecule has 0 bridgehead atoms. The summed E-state index contributed by atoms with van der Waals surface area (Å²) in [5.74, 6) is -1.88. The van der Waals surface area contributed by atoms with Crippen LogP contribution in [-0.4, -0.2) is 45.2 Å². The van der Waals surface area contributed by atoms with Crippen LogP contribution in [0.5, 0.6) is 11.5 Å². The van der Waals surface area contributed by atoms with Crippen molar-refractivity contribution in [2.75, 3.05) is 13.1 Å². The van der Waals surface area contributed by atoms with E-state index in [1.807, 2.05) is 6.07 Å². The summed E-state index contributed by atoms with van der Waals surface area (Å²) >= 11 is 0. The molecule has 0 unspecified atom stereocenters. The molecule has 1 aliphatic rings. The number of benzene rings is 3. The number of nitriles is 1. The number of rotatable bonds is 9. The number of aromatic carboxylic acids is 1. The van der Waals surface area contributed by atoms with Gasteiger partial charge in [0.15, 0.2) is 5.75 Å². The first-order chi connectivity index (χ1) is 20.1. The van der Waals surface area contributed by atoms with Crippen LogP contribution in [0.15, 0.2) is 48.5 Å². The van der Waals surface area contributed by atoms with E-state index in [2.05, 4.69) is 14.6 Å². The Balaban J connectivity index is 1.30. The van der Waals surface area contributed by atoms with Gasteiger partial charge in [-0.2, -0.15) is 14.0 Å². The van der Waals surface area contributed by atoms with Crippen molar-refractivity contribution in [3.8, 4) is 17.6 Å². The molecule has 0 atom stereocenters. The van der Waals surface area contributed by atoms with E-state index in [-0.39, 0.29) is 40.5 Å². The van der Waals surface area contributed by atoms with Gasteiger partial charge in [0.2, 0.25) is 0 Å². The van der Waals surface area contributed by atoms with Crippen molar-refractivity contribution in [2.24, 2.45) is 7.05 Å². The fraction of sp³-hybridized carbons (Fsp3) is 0.300. The highest BCUT2D eigenvalue weighted by Gasteiger charge is 2.27. The summed E-state index contributed by atoms with van der Waals surface area (Å²) in [6.07, 6.45) is 1.19. The van der Waals surface area contributed by atoms with Gasteiger partial charge in [-0.1, -0.05) is 12.1 Å². The molecule has 1 N–H and O–H groups in total. The maximum atomic E-state index is 15.0. The van der Waals surface area contributed by atoms with E-state index in [1.165, 1.54) is 30.3 Å². The molecule has 8 nitrogen and oxygen atoms in total. The number of halogens is 4. The predicted molar refractivity (Wildman–Crippen MR) is 143 cm³/mol. The van der Waals surface area contributed by atoms with Gasteiger partial charge in [-0.05, 0) is 68.2 Å². The van der Waals surface area contributed by atoms with Crippen LogP contribution >= 0.6 is 0 Å². The smallest absolute Gasteiger partial charge is 0.387 e. The number of alkyl halides is 2. The first-order valence-electron chi connectivity index (χ1n) is 13.1. The number of hydrogen-bond acceptors (Lipinski definition) is 6. The van der Waals surface area contributed by atoms with Gasteiger partial charge in [-0.15, -0.1) is 0 Å². The van der Waals surface area contributed by atoms with E-state index in [0.717, 1.165) is 12.1 Å². The van der Waals surface area contributed by atoms with E-state index in [0.29, 0.717) is 55.1 Å². The lowest BCUT2D eigenvalue weighted by atomic mass is 9.88. The summed E-state index contributed by atoms with van der Waals surface area (Å²) in [4.78, 5) is 18.1. The Morgan fingerprint density at radius 2 is 1.88 bits per heavy atom. The highest BCUT2D eigenvalue weighted by Crippen LogP contribution is 2.37. The number of piperidine rings is 1. The first kappa shape index (κ1) is 28.9.